The summed E-state index contributed by atoms with van der Waals surface area (Å²) in [6.45, 7) is 2.50. The van der Waals surface area contributed by atoms with Gasteiger partial charge in [-0.2, -0.15) is 0 Å². The lowest BCUT2D eigenvalue weighted by molar-refractivity contribution is -0.137. The summed E-state index contributed by atoms with van der Waals surface area (Å²) in [4.78, 5) is 12.7. The lowest BCUT2D eigenvalue weighted by atomic mass is 10.1. The molecule has 1 saturated heterocycles. The van der Waals surface area contributed by atoms with Gasteiger partial charge in [-0.05, 0) is 0 Å². The van der Waals surface area contributed by atoms with E-state index in [2.05, 4.69) is 0 Å². The molecule has 1 fully saturated rings. The number of carbonyl (C=O) groups is 1. The Balaban J connectivity index is 2.49. The number of carbonyl (C=O) groups excluding carboxylic acids is 1. The second-order valence-electron chi connectivity index (χ2n) is 3.20. The average Bonchev–Trinajstić information content (AvgIpc) is 2.01. The smallest absolute Gasteiger partial charge is 0.222 e. The standard InChI is InChI=1S/C8H15NO3/c1-2-8(12)9-4-6(10)3-7(11)5-9/h6-7,10-11H,2-5H2,1H3/t6-,7+. The summed E-state index contributed by atoms with van der Waals surface area (Å²) in [5.74, 6) is -0.00667. The number of hydrogen-bond donors (Lipinski definition) is 2. The van der Waals surface area contributed by atoms with Gasteiger partial charge >= 0.3 is 0 Å². The van der Waals surface area contributed by atoms with Crippen LogP contribution < -0.4 is 0 Å². The second kappa shape index (κ2) is 3.87. The van der Waals surface area contributed by atoms with Gasteiger partial charge < -0.3 is 15.1 Å². The molecule has 0 unspecified atom stereocenters. The van der Waals surface area contributed by atoms with E-state index in [1.807, 2.05) is 0 Å². The number of aliphatic hydroxyl groups excluding tert-OH is 2. The van der Waals surface area contributed by atoms with Crippen molar-refractivity contribution >= 4 is 5.91 Å². The van der Waals surface area contributed by atoms with E-state index in [-0.39, 0.29) is 5.91 Å². The third-order valence-electron chi connectivity index (χ3n) is 2.06. The molecule has 1 aliphatic heterocycles. The molecule has 0 bridgehead atoms. The van der Waals surface area contributed by atoms with Gasteiger partial charge in [0.2, 0.25) is 5.91 Å². The molecule has 70 valence electrons. The summed E-state index contributed by atoms with van der Waals surface area (Å²) in [7, 11) is 0. The quantitative estimate of drug-likeness (QED) is 0.554. The summed E-state index contributed by atoms with van der Waals surface area (Å²) >= 11 is 0. The molecule has 0 aromatic heterocycles. The molecular weight excluding hydrogens is 158 g/mol. The largest absolute Gasteiger partial charge is 0.391 e. The normalized spacial score (nSPS) is 30.4. The topological polar surface area (TPSA) is 60.8 Å². The zero-order valence-electron chi connectivity index (χ0n) is 7.23. The van der Waals surface area contributed by atoms with Crippen LogP contribution in [0.1, 0.15) is 19.8 Å². The Morgan fingerprint density at radius 3 is 2.33 bits per heavy atom. The SMILES string of the molecule is CCC(=O)N1C[C@H](O)C[C@H](O)C1. The average molecular weight is 173 g/mol. The third-order valence-corrected chi connectivity index (χ3v) is 2.06. The summed E-state index contributed by atoms with van der Waals surface area (Å²) in [5, 5.41) is 18.5. The number of hydrogen-bond acceptors (Lipinski definition) is 3. The van der Waals surface area contributed by atoms with Crippen molar-refractivity contribution in [1.29, 1.82) is 0 Å². The molecule has 0 spiro atoms. The number of β-amino-alcohol motifs (C(OH)–C–C–N with tert-alkyl or cyclic N) is 2. The summed E-state index contributed by atoms with van der Waals surface area (Å²) < 4.78 is 0. The fraction of sp³-hybridized carbons (Fsp3) is 0.875. The van der Waals surface area contributed by atoms with Gasteiger partial charge in [-0.15, -0.1) is 0 Å². The Bertz CT molecular complexity index is 162. The number of likely N-dealkylation sites (tertiary alicyclic amines) is 1. The first-order chi connectivity index (χ1) is 5.63. The van der Waals surface area contributed by atoms with E-state index in [1.54, 1.807) is 6.92 Å². The Kier molecular flexibility index (Phi) is 3.05. The predicted octanol–water partition coefficient (Wildman–Crippen LogP) is -0.650. The lowest BCUT2D eigenvalue weighted by Gasteiger charge is -2.33. The monoisotopic (exact) mass is 173 g/mol. The van der Waals surface area contributed by atoms with Gasteiger partial charge in [0.25, 0.3) is 0 Å². The highest BCUT2D eigenvalue weighted by atomic mass is 16.3. The van der Waals surface area contributed by atoms with Gasteiger partial charge in [0.1, 0.15) is 0 Å². The van der Waals surface area contributed by atoms with Crippen molar-refractivity contribution in [1.82, 2.24) is 4.90 Å². The lowest BCUT2D eigenvalue weighted by Crippen LogP contribution is -2.48. The van der Waals surface area contributed by atoms with Crippen molar-refractivity contribution < 1.29 is 15.0 Å². The molecule has 12 heavy (non-hydrogen) atoms. The van der Waals surface area contributed by atoms with Crippen LogP contribution in [0.3, 0.4) is 0 Å². The summed E-state index contributed by atoms with van der Waals surface area (Å²) in [6.07, 6.45) is -0.319. The highest BCUT2D eigenvalue weighted by Crippen LogP contribution is 2.11. The molecule has 1 amide bonds. The van der Waals surface area contributed by atoms with Crippen LogP contribution >= 0.6 is 0 Å². The number of amides is 1. The Labute approximate surface area is 71.8 Å². The van der Waals surface area contributed by atoms with Gasteiger partial charge in [-0.3, -0.25) is 4.79 Å². The van der Waals surface area contributed by atoms with Gasteiger partial charge in [0.15, 0.2) is 0 Å². The number of aliphatic hydroxyl groups is 2. The van der Waals surface area contributed by atoms with Crippen LogP contribution in [0.15, 0.2) is 0 Å². The van der Waals surface area contributed by atoms with E-state index < -0.39 is 12.2 Å². The molecule has 4 heteroatoms. The number of rotatable bonds is 1. The first-order valence-electron chi connectivity index (χ1n) is 4.27. The van der Waals surface area contributed by atoms with Gasteiger partial charge in [-0.1, -0.05) is 6.92 Å². The first kappa shape index (κ1) is 9.48. The molecule has 0 saturated carbocycles. The fourth-order valence-electron chi connectivity index (χ4n) is 1.47. The molecule has 4 nitrogen and oxygen atoms in total. The number of piperidine rings is 1. The Hall–Kier alpha value is -0.610. The minimum Gasteiger partial charge on any atom is -0.391 e. The molecule has 0 aliphatic carbocycles. The van der Waals surface area contributed by atoms with Crippen LogP contribution in [-0.2, 0) is 4.79 Å². The Morgan fingerprint density at radius 1 is 1.42 bits per heavy atom. The molecule has 0 aromatic rings. The highest BCUT2D eigenvalue weighted by molar-refractivity contribution is 5.76. The van der Waals surface area contributed by atoms with Crippen LogP contribution in [0.5, 0.6) is 0 Å². The van der Waals surface area contributed by atoms with Crippen LogP contribution in [0.25, 0.3) is 0 Å². The fourth-order valence-corrected chi connectivity index (χ4v) is 1.47. The molecular formula is C8H15NO3. The van der Waals surface area contributed by atoms with Gasteiger partial charge in [-0.25, -0.2) is 0 Å². The van der Waals surface area contributed by atoms with Crippen LogP contribution in [0.4, 0.5) is 0 Å². The predicted molar refractivity (Wildman–Crippen MR) is 43.5 cm³/mol. The maximum atomic E-state index is 11.2. The van der Waals surface area contributed by atoms with E-state index in [0.29, 0.717) is 25.9 Å². The van der Waals surface area contributed by atoms with Crippen molar-refractivity contribution in [2.75, 3.05) is 13.1 Å². The van der Waals surface area contributed by atoms with E-state index >= 15 is 0 Å². The number of nitrogens with zero attached hydrogens (tertiary/aromatic N) is 1. The van der Waals surface area contributed by atoms with E-state index in [1.165, 1.54) is 4.90 Å². The first-order valence-corrected chi connectivity index (χ1v) is 4.27. The Morgan fingerprint density at radius 2 is 1.92 bits per heavy atom. The van der Waals surface area contributed by atoms with Crippen LogP contribution in [-0.4, -0.2) is 46.3 Å². The van der Waals surface area contributed by atoms with Crippen molar-refractivity contribution in [2.24, 2.45) is 0 Å². The minimum atomic E-state index is -0.566. The van der Waals surface area contributed by atoms with E-state index in [4.69, 9.17) is 0 Å². The summed E-state index contributed by atoms with van der Waals surface area (Å²) in [6, 6.07) is 0. The molecule has 1 heterocycles. The van der Waals surface area contributed by atoms with Crippen molar-refractivity contribution in [3.8, 4) is 0 Å². The van der Waals surface area contributed by atoms with Crippen molar-refractivity contribution in [2.45, 2.75) is 32.0 Å². The minimum absolute atomic E-state index is 0.00667. The van der Waals surface area contributed by atoms with Gasteiger partial charge in [0, 0.05) is 25.9 Å². The van der Waals surface area contributed by atoms with Crippen molar-refractivity contribution in [3.63, 3.8) is 0 Å². The molecule has 0 aromatic carbocycles. The third kappa shape index (κ3) is 2.19. The maximum Gasteiger partial charge on any atom is 0.222 e. The summed E-state index contributed by atoms with van der Waals surface area (Å²) in [5.41, 5.74) is 0. The van der Waals surface area contributed by atoms with E-state index in [9.17, 15) is 15.0 Å². The second-order valence-corrected chi connectivity index (χ2v) is 3.20. The molecule has 1 rings (SSSR count). The van der Waals surface area contributed by atoms with Crippen LogP contribution in [0.2, 0.25) is 0 Å². The van der Waals surface area contributed by atoms with Gasteiger partial charge in [0.05, 0.1) is 12.2 Å². The molecule has 2 N–H and O–H groups in total. The zero-order chi connectivity index (χ0) is 9.14. The zero-order valence-corrected chi connectivity index (χ0v) is 7.23. The maximum absolute atomic E-state index is 11.2. The van der Waals surface area contributed by atoms with E-state index in [0.717, 1.165) is 0 Å². The molecule has 0 radical (unpaired) electrons. The molecule has 1 aliphatic rings. The van der Waals surface area contributed by atoms with Crippen LogP contribution in [0, 0.1) is 0 Å². The van der Waals surface area contributed by atoms with Crippen molar-refractivity contribution in [3.05, 3.63) is 0 Å². The highest BCUT2D eigenvalue weighted by Gasteiger charge is 2.26. The molecule has 2 atom stereocenters.